The zero-order chi connectivity index (χ0) is 26.9. The van der Waals surface area contributed by atoms with Crippen molar-refractivity contribution >= 4 is 28.7 Å². The van der Waals surface area contributed by atoms with Crippen molar-refractivity contribution in [3.8, 4) is 28.5 Å². The quantitative estimate of drug-likeness (QED) is 0.281. The first kappa shape index (κ1) is 24.9. The molecule has 0 unspecified atom stereocenters. The number of methoxy groups -OCH3 is 1. The summed E-state index contributed by atoms with van der Waals surface area (Å²) in [5, 5.41) is 13.5. The molecule has 0 spiro atoms. The summed E-state index contributed by atoms with van der Waals surface area (Å²) in [7, 11) is 1.31. The summed E-state index contributed by atoms with van der Waals surface area (Å²) in [5.74, 6) is 1.24. The van der Waals surface area contributed by atoms with Crippen molar-refractivity contribution in [2.45, 2.75) is 44.6 Å². The van der Waals surface area contributed by atoms with Gasteiger partial charge in [-0.15, -0.1) is 0 Å². The molecule has 3 aromatic carbocycles. The number of amides is 1. The maximum atomic E-state index is 11.8. The monoisotopic (exact) mass is 526 g/mol. The molecule has 0 radical (unpaired) electrons. The summed E-state index contributed by atoms with van der Waals surface area (Å²) in [5.41, 5.74) is 5.07. The Hall–Kier alpha value is -4.46. The molecule has 0 bridgehead atoms. The van der Waals surface area contributed by atoms with Crippen molar-refractivity contribution in [3.63, 3.8) is 0 Å². The highest BCUT2D eigenvalue weighted by Gasteiger charge is 2.30. The number of hydrogen-bond acceptors (Lipinski definition) is 5. The number of fused-ring (bicyclic) bond motifs is 5. The summed E-state index contributed by atoms with van der Waals surface area (Å²) in [6.45, 7) is 1.05. The maximum absolute atomic E-state index is 11.8. The number of rotatable bonds is 5. The van der Waals surface area contributed by atoms with Crippen molar-refractivity contribution in [1.29, 1.82) is 0 Å². The summed E-state index contributed by atoms with van der Waals surface area (Å²) in [6, 6.07) is 18.4. The first-order chi connectivity index (χ1) is 19.0. The molecule has 1 aliphatic heterocycles. The number of nitrogens with one attached hydrogen (secondary N) is 1. The first-order valence-electron chi connectivity index (χ1n) is 13.3. The van der Waals surface area contributed by atoms with Crippen molar-refractivity contribution in [2.24, 2.45) is 0 Å². The maximum Gasteiger partial charge on any atom is 0.411 e. The van der Waals surface area contributed by atoms with Crippen LogP contribution in [0, 0.1) is 0 Å². The number of carboxylic acid groups (broad SMARTS) is 1. The number of nitrogens with zero attached hydrogens (tertiary/aromatic N) is 1. The number of anilines is 1. The number of benzene rings is 3. The van der Waals surface area contributed by atoms with Crippen molar-refractivity contribution in [3.05, 3.63) is 71.8 Å². The molecule has 1 aliphatic carbocycles. The zero-order valence-corrected chi connectivity index (χ0v) is 21.7. The third-order valence-corrected chi connectivity index (χ3v) is 7.68. The van der Waals surface area contributed by atoms with Gasteiger partial charge in [0.25, 0.3) is 0 Å². The highest BCUT2D eigenvalue weighted by Crippen LogP contribution is 2.48. The van der Waals surface area contributed by atoms with Crippen LogP contribution in [-0.2, 0) is 11.3 Å². The zero-order valence-electron chi connectivity index (χ0n) is 21.7. The first-order valence-corrected chi connectivity index (χ1v) is 13.3. The minimum Gasteiger partial charge on any atom is -0.491 e. The average molecular weight is 527 g/mol. The van der Waals surface area contributed by atoms with Gasteiger partial charge in [-0.3, -0.25) is 5.32 Å². The topological polar surface area (TPSA) is 99.0 Å². The molecular formula is C31H30N2O6. The minimum absolute atomic E-state index is 0.284. The van der Waals surface area contributed by atoms with Crippen LogP contribution in [0.5, 0.6) is 17.2 Å². The lowest BCUT2D eigenvalue weighted by molar-refractivity contribution is 0.0697. The number of aromatic carboxylic acids is 1. The van der Waals surface area contributed by atoms with Crippen molar-refractivity contribution in [2.75, 3.05) is 19.0 Å². The van der Waals surface area contributed by atoms with E-state index >= 15 is 0 Å². The van der Waals surface area contributed by atoms with E-state index in [2.05, 4.69) is 9.88 Å². The largest absolute Gasteiger partial charge is 0.491 e. The van der Waals surface area contributed by atoms with Gasteiger partial charge in [0.2, 0.25) is 0 Å². The number of carbonyl (C=O) groups excluding carboxylic acids is 1. The Bertz CT molecular complexity index is 1570. The molecule has 1 amide bonds. The normalized spacial score (nSPS) is 15.0. The fourth-order valence-electron chi connectivity index (χ4n) is 5.91. The Morgan fingerprint density at radius 3 is 2.64 bits per heavy atom. The van der Waals surface area contributed by atoms with E-state index < -0.39 is 12.1 Å². The van der Waals surface area contributed by atoms with Crippen molar-refractivity contribution < 1.29 is 28.9 Å². The van der Waals surface area contributed by atoms with E-state index in [-0.39, 0.29) is 5.56 Å². The van der Waals surface area contributed by atoms with Crippen LogP contribution in [0.2, 0.25) is 0 Å². The van der Waals surface area contributed by atoms with Gasteiger partial charge < -0.3 is 23.9 Å². The third-order valence-electron chi connectivity index (χ3n) is 7.68. The Morgan fingerprint density at radius 1 is 1.03 bits per heavy atom. The van der Waals surface area contributed by atoms with Crippen molar-refractivity contribution in [1.82, 2.24) is 4.57 Å². The predicted molar refractivity (Wildman–Crippen MR) is 148 cm³/mol. The van der Waals surface area contributed by atoms with E-state index in [1.54, 1.807) is 30.3 Å². The van der Waals surface area contributed by atoms with Crippen LogP contribution in [0.4, 0.5) is 10.5 Å². The number of ether oxygens (including phenoxy) is 3. The van der Waals surface area contributed by atoms with Gasteiger partial charge >= 0.3 is 12.1 Å². The molecule has 1 fully saturated rings. The number of hydrogen-bond donors (Lipinski definition) is 2. The highest BCUT2D eigenvalue weighted by atomic mass is 16.5. The van der Waals surface area contributed by atoms with Crippen LogP contribution in [-0.4, -0.2) is 35.5 Å². The molecule has 8 heteroatoms. The lowest BCUT2D eigenvalue weighted by Gasteiger charge is -2.23. The van der Waals surface area contributed by atoms with E-state index in [1.165, 1.54) is 31.9 Å². The van der Waals surface area contributed by atoms with Crippen LogP contribution < -0.4 is 14.8 Å². The van der Waals surface area contributed by atoms with Crippen LogP contribution in [0.15, 0.2) is 60.7 Å². The molecule has 1 aromatic heterocycles. The van der Waals surface area contributed by atoms with Gasteiger partial charge in [0.1, 0.15) is 18.1 Å². The lowest BCUT2D eigenvalue weighted by Crippen LogP contribution is -2.11. The minimum atomic E-state index is -0.930. The molecule has 6 rings (SSSR count). The average Bonchev–Trinajstić information content (AvgIpc) is 3.16. The molecule has 8 nitrogen and oxygen atoms in total. The van der Waals surface area contributed by atoms with Gasteiger partial charge in [-0.2, -0.15) is 0 Å². The number of para-hydroxylation sites is 2. The summed E-state index contributed by atoms with van der Waals surface area (Å²) in [6.07, 6.45) is 5.30. The predicted octanol–water partition coefficient (Wildman–Crippen LogP) is 7.42. The van der Waals surface area contributed by atoms with Gasteiger partial charge in [-0.1, -0.05) is 37.5 Å². The summed E-state index contributed by atoms with van der Waals surface area (Å²) < 4.78 is 19.4. The molecule has 2 aliphatic rings. The highest BCUT2D eigenvalue weighted by molar-refractivity contribution is 5.99. The molecular weight excluding hydrogens is 496 g/mol. The summed E-state index contributed by atoms with van der Waals surface area (Å²) >= 11 is 0. The summed E-state index contributed by atoms with van der Waals surface area (Å²) in [4.78, 5) is 23.6. The lowest BCUT2D eigenvalue weighted by atomic mass is 9.81. The standard InChI is InChI=1S/C31H30N2O6/c1-37-31(36)32-24-9-5-6-10-26(24)39-21-12-14-23-27(18-21)38-16-15-33-25-17-20(30(34)35)11-13-22(25)28(29(23)33)19-7-3-2-4-8-19/h5-6,9-14,17-19H,2-4,7-8,15-16H2,1H3,(H,32,36)(H,34,35). The fraction of sp³-hybridized carbons (Fsp3) is 0.290. The second-order valence-electron chi connectivity index (χ2n) is 10.0. The van der Waals surface area contributed by atoms with Gasteiger partial charge in [-0.05, 0) is 60.7 Å². The van der Waals surface area contributed by atoms with E-state index in [0.29, 0.717) is 42.0 Å². The van der Waals surface area contributed by atoms with Gasteiger partial charge in [0.15, 0.2) is 5.75 Å². The third kappa shape index (κ3) is 4.67. The fourth-order valence-corrected chi connectivity index (χ4v) is 5.91. The van der Waals surface area contributed by atoms with Crippen LogP contribution in [0.3, 0.4) is 0 Å². The Labute approximate surface area is 226 Å². The number of carboxylic acids is 1. The van der Waals surface area contributed by atoms with E-state index in [1.807, 2.05) is 30.3 Å². The van der Waals surface area contributed by atoms with E-state index in [9.17, 15) is 14.7 Å². The molecule has 0 atom stereocenters. The van der Waals surface area contributed by atoms with E-state index in [0.717, 1.165) is 35.0 Å². The second kappa shape index (κ2) is 10.4. The number of carbonyl (C=O) groups is 2. The number of aromatic nitrogens is 1. The Morgan fingerprint density at radius 2 is 1.85 bits per heavy atom. The molecule has 2 heterocycles. The molecule has 39 heavy (non-hydrogen) atoms. The SMILES string of the molecule is COC(=O)Nc1ccccc1Oc1ccc2c(c1)OCCn1c-2c(C2CCCCC2)c2ccc(C(=O)O)cc21. The Balaban J connectivity index is 1.45. The molecule has 4 aromatic rings. The van der Waals surface area contributed by atoms with Gasteiger partial charge in [-0.25, -0.2) is 9.59 Å². The van der Waals surface area contributed by atoms with Gasteiger partial charge in [0, 0.05) is 22.5 Å². The smallest absolute Gasteiger partial charge is 0.411 e. The second-order valence-corrected chi connectivity index (χ2v) is 10.0. The van der Waals surface area contributed by atoms with Gasteiger partial charge in [0.05, 0.1) is 30.6 Å². The van der Waals surface area contributed by atoms with E-state index in [4.69, 9.17) is 14.2 Å². The molecule has 200 valence electrons. The van der Waals surface area contributed by atoms with Crippen LogP contribution in [0.1, 0.15) is 53.9 Å². The molecule has 0 saturated heterocycles. The molecule has 2 N–H and O–H groups in total. The Kier molecular flexibility index (Phi) is 6.60. The van der Waals surface area contributed by atoms with Crippen LogP contribution in [0.25, 0.3) is 22.2 Å². The molecule has 1 saturated carbocycles. The van der Waals surface area contributed by atoms with Crippen LogP contribution >= 0.6 is 0 Å².